The molecule has 27 heavy (non-hydrogen) atoms. The number of carbonyl (C=O) groups is 2. The van der Waals surface area contributed by atoms with E-state index in [1.807, 2.05) is 0 Å². The Morgan fingerprint density at radius 1 is 0.889 bits per heavy atom. The summed E-state index contributed by atoms with van der Waals surface area (Å²) in [6.07, 6.45) is 2.84. The van der Waals surface area contributed by atoms with E-state index in [4.69, 9.17) is 18.9 Å². The molecule has 7 nitrogen and oxygen atoms in total. The zero-order valence-corrected chi connectivity index (χ0v) is 15.4. The third-order valence-electron chi connectivity index (χ3n) is 3.51. The smallest absolute Gasteiger partial charge is 0.331 e. The molecule has 0 aromatic heterocycles. The molecule has 2 rings (SSSR count). The van der Waals surface area contributed by atoms with Crippen LogP contribution in [0.1, 0.15) is 5.56 Å². The van der Waals surface area contributed by atoms with Crippen molar-refractivity contribution in [2.24, 2.45) is 0 Å². The second-order valence-electron chi connectivity index (χ2n) is 5.36. The lowest BCUT2D eigenvalue weighted by Gasteiger charge is -2.09. The molecule has 2 aromatic rings. The Balaban J connectivity index is 1.85. The van der Waals surface area contributed by atoms with Crippen molar-refractivity contribution >= 4 is 23.6 Å². The standard InChI is InChI=1S/C20H21NO6/c1-24-16-7-4-14(5-8-16)6-9-20(23)27-13-19(22)21-15-10-17(25-2)12-18(11-15)26-3/h4-12H,13H2,1-3H3,(H,21,22)/b9-6+. The molecule has 0 atom stereocenters. The number of amides is 1. The van der Waals surface area contributed by atoms with Crippen molar-refractivity contribution in [2.45, 2.75) is 0 Å². The molecule has 0 aliphatic heterocycles. The first-order chi connectivity index (χ1) is 13.0. The van der Waals surface area contributed by atoms with Crippen LogP contribution in [0, 0.1) is 0 Å². The summed E-state index contributed by atoms with van der Waals surface area (Å²) in [5.74, 6) is 0.689. The van der Waals surface area contributed by atoms with Crippen LogP contribution in [0.25, 0.3) is 6.08 Å². The van der Waals surface area contributed by atoms with Gasteiger partial charge in [-0.3, -0.25) is 4.79 Å². The number of nitrogens with one attached hydrogen (secondary N) is 1. The van der Waals surface area contributed by atoms with E-state index in [0.29, 0.717) is 17.2 Å². The molecule has 0 saturated heterocycles. The predicted octanol–water partition coefficient (Wildman–Crippen LogP) is 2.91. The molecule has 0 fully saturated rings. The van der Waals surface area contributed by atoms with Gasteiger partial charge in [0.1, 0.15) is 17.2 Å². The summed E-state index contributed by atoms with van der Waals surface area (Å²) < 4.78 is 20.3. The highest BCUT2D eigenvalue weighted by Gasteiger charge is 2.08. The van der Waals surface area contributed by atoms with Gasteiger partial charge in [-0.2, -0.15) is 0 Å². The highest BCUT2D eigenvalue weighted by Crippen LogP contribution is 2.25. The first-order valence-electron chi connectivity index (χ1n) is 8.06. The van der Waals surface area contributed by atoms with Gasteiger partial charge < -0.3 is 24.3 Å². The van der Waals surface area contributed by atoms with Crippen LogP contribution in [0.3, 0.4) is 0 Å². The largest absolute Gasteiger partial charge is 0.497 e. The molecule has 2 aromatic carbocycles. The summed E-state index contributed by atoms with van der Waals surface area (Å²) in [7, 11) is 4.60. The van der Waals surface area contributed by atoms with Crippen molar-refractivity contribution in [3.05, 3.63) is 54.1 Å². The Kier molecular flexibility index (Phi) is 7.25. The van der Waals surface area contributed by atoms with Gasteiger partial charge in [0.05, 0.1) is 21.3 Å². The van der Waals surface area contributed by atoms with Crippen molar-refractivity contribution in [1.82, 2.24) is 0 Å². The second kappa shape index (κ2) is 9.86. The third kappa shape index (κ3) is 6.39. The number of esters is 1. The van der Waals surface area contributed by atoms with E-state index in [2.05, 4.69) is 5.32 Å². The lowest BCUT2D eigenvalue weighted by atomic mass is 10.2. The zero-order chi connectivity index (χ0) is 19.6. The first kappa shape index (κ1) is 19.8. The van der Waals surface area contributed by atoms with Crippen LogP contribution in [0.5, 0.6) is 17.2 Å². The molecule has 0 saturated carbocycles. The van der Waals surface area contributed by atoms with E-state index in [9.17, 15) is 9.59 Å². The maximum absolute atomic E-state index is 12.0. The minimum Gasteiger partial charge on any atom is -0.497 e. The van der Waals surface area contributed by atoms with Crippen LogP contribution in [0.15, 0.2) is 48.5 Å². The van der Waals surface area contributed by atoms with Crippen LogP contribution in [-0.2, 0) is 14.3 Å². The maximum atomic E-state index is 12.0. The SMILES string of the molecule is COc1ccc(/C=C/C(=O)OCC(=O)Nc2cc(OC)cc(OC)c2)cc1. The molecule has 142 valence electrons. The van der Waals surface area contributed by atoms with Crippen molar-refractivity contribution in [3.8, 4) is 17.2 Å². The second-order valence-corrected chi connectivity index (χ2v) is 5.36. The molecule has 7 heteroatoms. The van der Waals surface area contributed by atoms with Gasteiger partial charge in [0.2, 0.25) is 0 Å². The van der Waals surface area contributed by atoms with Crippen LogP contribution in [0.4, 0.5) is 5.69 Å². The molecule has 0 heterocycles. The van der Waals surface area contributed by atoms with Gasteiger partial charge in [-0.25, -0.2) is 4.79 Å². The molecule has 0 radical (unpaired) electrons. The quantitative estimate of drug-likeness (QED) is 0.567. The highest BCUT2D eigenvalue weighted by atomic mass is 16.5. The van der Waals surface area contributed by atoms with Gasteiger partial charge in [0.15, 0.2) is 6.61 Å². The highest BCUT2D eigenvalue weighted by molar-refractivity contribution is 5.95. The number of methoxy groups -OCH3 is 3. The molecule has 0 aliphatic rings. The van der Waals surface area contributed by atoms with E-state index in [-0.39, 0.29) is 0 Å². The fourth-order valence-electron chi connectivity index (χ4n) is 2.14. The van der Waals surface area contributed by atoms with Crippen LogP contribution >= 0.6 is 0 Å². The van der Waals surface area contributed by atoms with Crippen LogP contribution in [-0.4, -0.2) is 39.8 Å². The van der Waals surface area contributed by atoms with Crippen molar-refractivity contribution < 1.29 is 28.5 Å². The van der Waals surface area contributed by atoms with E-state index in [1.165, 1.54) is 20.3 Å². The summed E-state index contributed by atoms with van der Waals surface area (Å²) in [5, 5.41) is 2.62. The van der Waals surface area contributed by atoms with Gasteiger partial charge in [-0.1, -0.05) is 12.1 Å². The average molecular weight is 371 g/mol. The van der Waals surface area contributed by atoms with Crippen LogP contribution in [0.2, 0.25) is 0 Å². The molecule has 1 N–H and O–H groups in total. The van der Waals surface area contributed by atoms with E-state index in [0.717, 1.165) is 11.3 Å². The molecule has 0 spiro atoms. The lowest BCUT2D eigenvalue weighted by molar-refractivity contribution is -0.142. The Bertz CT molecular complexity index is 791. The van der Waals surface area contributed by atoms with Crippen molar-refractivity contribution in [3.63, 3.8) is 0 Å². The summed E-state index contributed by atoms with van der Waals surface area (Å²) in [6, 6.07) is 12.1. The van der Waals surface area contributed by atoms with E-state index >= 15 is 0 Å². The summed E-state index contributed by atoms with van der Waals surface area (Å²) in [6.45, 7) is -0.411. The topological polar surface area (TPSA) is 83.1 Å². The Morgan fingerprint density at radius 2 is 1.48 bits per heavy atom. The van der Waals surface area contributed by atoms with Gasteiger partial charge in [0, 0.05) is 30.0 Å². The van der Waals surface area contributed by atoms with Gasteiger partial charge >= 0.3 is 5.97 Å². The Labute approximate surface area is 157 Å². The molecule has 1 amide bonds. The normalized spacial score (nSPS) is 10.3. The van der Waals surface area contributed by atoms with Crippen molar-refractivity contribution in [2.75, 3.05) is 33.3 Å². The summed E-state index contributed by atoms with van der Waals surface area (Å²) in [5.41, 5.74) is 1.28. The monoisotopic (exact) mass is 371 g/mol. The molecular formula is C20H21NO6. The first-order valence-corrected chi connectivity index (χ1v) is 8.06. The number of rotatable bonds is 8. The maximum Gasteiger partial charge on any atom is 0.331 e. The minimum absolute atomic E-state index is 0.411. The molecule has 0 unspecified atom stereocenters. The number of hydrogen-bond acceptors (Lipinski definition) is 6. The van der Waals surface area contributed by atoms with Crippen molar-refractivity contribution in [1.29, 1.82) is 0 Å². The number of benzene rings is 2. The van der Waals surface area contributed by atoms with Gasteiger partial charge in [-0.15, -0.1) is 0 Å². The fraction of sp³-hybridized carbons (Fsp3) is 0.200. The number of ether oxygens (including phenoxy) is 4. The zero-order valence-electron chi connectivity index (χ0n) is 15.4. The number of hydrogen-bond donors (Lipinski definition) is 1. The molecule has 0 aliphatic carbocycles. The Morgan fingerprint density at radius 3 is 2.04 bits per heavy atom. The van der Waals surface area contributed by atoms with Gasteiger partial charge in [-0.05, 0) is 23.8 Å². The van der Waals surface area contributed by atoms with Crippen LogP contribution < -0.4 is 19.5 Å². The van der Waals surface area contributed by atoms with E-state index < -0.39 is 18.5 Å². The predicted molar refractivity (Wildman–Crippen MR) is 101 cm³/mol. The molecular weight excluding hydrogens is 350 g/mol. The third-order valence-corrected chi connectivity index (χ3v) is 3.51. The lowest BCUT2D eigenvalue weighted by Crippen LogP contribution is -2.20. The van der Waals surface area contributed by atoms with Gasteiger partial charge in [0.25, 0.3) is 5.91 Å². The summed E-state index contributed by atoms with van der Waals surface area (Å²) >= 11 is 0. The summed E-state index contributed by atoms with van der Waals surface area (Å²) in [4.78, 5) is 23.7. The van der Waals surface area contributed by atoms with E-state index in [1.54, 1.807) is 55.7 Å². The minimum atomic E-state index is -0.621. The number of anilines is 1. The average Bonchev–Trinajstić information content (AvgIpc) is 2.70. The molecule has 0 bridgehead atoms. The number of carbonyl (C=O) groups excluding carboxylic acids is 2. The fourth-order valence-corrected chi connectivity index (χ4v) is 2.14. The Hall–Kier alpha value is -3.48.